The van der Waals surface area contributed by atoms with E-state index in [1.54, 1.807) is 30.2 Å². The van der Waals surface area contributed by atoms with Gasteiger partial charge in [0.1, 0.15) is 5.75 Å². The zero-order chi connectivity index (χ0) is 22.2. The van der Waals surface area contributed by atoms with E-state index >= 15 is 0 Å². The summed E-state index contributed by atoms with van der Waals surface area (Å²) in [4.78, 5) is 29.6. The van der Waals surface area contributed by atoms with Gasteiger partial charge in [-0.1, -0.05) is 23.7 Å². The van der Waals surface area contributed by atoms with Crippen molar-refractivity contribution in [3.8, 4) is 17.0 Å². The fraction of sp³-hybridized carbons (Fsp3) is 0.292. The van der Waals surface area contributed by atoms with E-state index in [2.05, 4.69) is 10.00 Å². The molecule has 0 bridgehead atoms. The Hall–Kier alpha value is -3.32. The van der Waals surface area contributed by atoms with E-state index in [9.17, 15) is 9.59 Å². The largest absolute Gasteiger partial charge is 0.496 e. The minimum atomic E-state index is -0.195. The Morgan fingerprint density at radius 1 is 1.09 bits per heavy atom. The third-order valence-electron chi connectivity index (χ3n) is 6.09. The molecule has 0 atom stereocenters. The van der Waals surface area contributed by atoms with E-state index in [1.165, 1.54) is 10.7 Å². The van der Waals surface area contributed by atoms with E-state index in [1.807, 2.05) is 30.3 Å². The van der Waals surface area contributed by atoms with Crippen LogP contribution in [0.2, 0.25) is 5.02 Å². The van der Waals surface area contributed by atoms with Crippen LogP contribution in [-0.2, 0) is 0 Å². The molecule has 0 N–H and O–H groups in total. The second-order valence-corrected chi connectivity index (χ2v) is 8.50. The molecule has 2 saturated heterocycles. The SMILES string of the molecule is COc1cc(Cl)ccc1-c1ccc(=O)n(C2CN(C(=O)c3ccccc3N3CCC3)C2)n1. The van der Waals surface area contributed by atoms with E-state index in [0.29, 0.717) is 35.1 Å². The summed E-state index contributed by atoms with van der Waals surface area (Å²) >= 11 is 6.07. The van der Waals surface area contributed by atoms with Gasteiger partial charge in [0.15, 0.2) is 0 Å². The molecule has 7 nitrogen and oxygen atoms in total. The van der Waals surface area contributed by atoms with Crippen molar-refractivity contribution in [2.75, 3.05) is 38.2 Å². The second kappa shape index (κ2) is 8.31. The fourth-order valence-electron chi connectivity index (χ4n) is 4.14. The zero-order valence-corrected chi connectivity index (χ0v) is 18.5. The van der Waals surface area contributed by atoms with Crippen molar-refractivity contribution >= 4 is 23.2 Å². The summed E-state index contributed by atoms with van der Waals surface area (Å²) in [6.45, 7) is 2.85. The van der Waals surface area contributed by atoms with Gasteiger partial charge in [-0.25, -0.2) is 4.68 Å². The number of hydrogen-bond donors (Lipinski definition) is 0. The third-order valence-corrected chi connectivity index (χ3v) is 6.33. The van der Waals surface area contributed by atoms with E-state index in [4.69, 9.17) is 16.3 Å². The number of likely N-dealkylation sites (tertiary alicyclic amines) is 1. The van der Waals surface area contributed by atoms with E-state index in [0.717, 1.165) is 30.8 Å². The number of hydrogen-bond acceptors (Lipinski definition) is 5. The maximum Gasteiger partial charge on any atom is 0.267 e. The lowest BCUT2D eigenvalue weighted by atomic mass is 10.0. The van der Waals surface area contributed by atoms with E-state index in [-0.39, 0.29) is 17.5 Å². The molecule has 2 aliphatic rings. The topological polar surface area (TPSA) is 67.7 Å². The number of para-hydroxylation sites is 1. The molecule has 32 heavy (non-hydrogen) atoms. The predicted molar refractivity (Wildman–Crippen MR) is 124 cm³/mol. The number of carbonyl (C=O) groups excluding carboxylic acids is 1. The lowest BCUT2D eigenvalue weighted by Crippen LogP contribution is -2.53. The number of halogens is 1. The van der Waals surface area contributed by atoms with Crippen molar-refractivity contribution in [2.45, 2.75) is 12.5 Å². The van der Waals surface area contributed by atoms with Crippen molar-refractivity contribution < 1.29 is 9.53 Å². The van der Waals surface area contributed by atoms with Crippen LogP contribution in [0.4, 0.5) is 5.69 Å². The Kier molecular flexibility index (Phi) is 5.35. The molecule has 3 aromatic rings. The van der Waals surface area contributed by atoms with Gasteiger partial charge >= 0.3 is 0 Å². The standard InChI is InChI=1S/C24H23ClN4O3/c1-32-22-13-16(25)7-8-18(22)20-9-10-23(30)29(26-20)17-14-28(15-17)24(31)19-5-2-3-6-21(19)27-11-4-12-27/h2-3,5-10,13,17H,4,11-12,14-15H2,1H3. The quantitative estimate of drug-likeness (QED) is 0.595. The second-order valence-electron chi connectivity index (χ2n) is 8.07. The predicted octanol–water partition coefficient (Wildman–Crippen LogP) is 3.48. The molecule has 0 aliphatic carbocycles. The molecular weight excluding hydrogens is 428 g/mol. The number of nitrogens with zero attached hydrogens (tertiary/aromatic N) is 4. The van der Waals surface area contributed by atoms with Crippen LogP contribution in [0.3, 0.4) is 0 Å². The smallest absolute Gasteiger partial charge is 0.267 e. The summed E-state index contributed by atoms with van der Waals surface area (Å²) < 4.78 is 6.89. The number of benzene rings is 2. The highest BCUT2D eigenvalue weighted by Gasteiger charge is 2.35. The molecule has 8 heteroatoms. The van der Waals surface area contributed by atoms with Crippen molar-refractivity contribution in [2.24, 2.45) is 0 Å². The first-order chi connectivity index (χ1) is 15.5. The van der Waals surface area contributed by atoms with Gasteiger partial charge in [0, 0.05) is 48.5 Å². The molecule has 2 aromatic carbocycles. The molecule has 0 radical (unpaired) electrons. The Balaban J connectivity index is 1.36. The molecule has 1 amide bonds. The number of carbonyl (C=O) groups is 1. The highest BCUT2D eigenvalue weighted by atomic mass is 35.5. The van der Waals surface area contributed by atoms with Gasteiger partial charge in [-0.15, -0.1) is 0 Å². The van der Waals surface area contributed by atoms with Gasteiger partial charge in [0.2, 0.25) is 0 Å². The zero-order valence-electron chi connectivity index (χ0n) is 17.7. The molecule has 3 heterocycles. The Labute approximate surface area is 190 Å². The summed E-state index contributed by atoms with van der Waals surface area (Å²) in [5.74, 6) is 0.579. The van der Waals surface area contributed by atoms with Crippen LogP contribution < -0.4 is 15.2 Å². The van der Waals surface area contributed by atoms with Crippen LogP contribution >= 0.6 is 11.6 Å². The molecule has 2 aliphatic heterocycles. The highest BCUT2D eigenvalue weighted by Crippen LogP contribution is 2.32. The van der Waals surface area contributed by atoms with Crippen molar-refractivity contribution in [3.63, 3.8) is 0 Å². The monoisotopic (exact) mass is 450 g/mol. The van der Waals surface area contributed by atoms with Crippen LogP contribution in [0.1, 0.15) is 22.8 Å². The van der Waals surface area contributed by atoms with Crippen molar-refractivity contribution in [1.82, 2.24) is 14.7 Å². The van der Waals surface area contributed by atoms with Crippen LogP contribution in [0.15, 0.2) is 59.4 Å². The average molecular weight is 451 g/mol. The van der Waals surface area contributed by atoms with Gasteiger partial charge in [0.05, 0.1) is 24.4 Å². The van der Waals surface area contributed by atoms with Crippen LogP contribution in [0.25, 0.3) is 11.3 Å². The number of aromatic nitrogens is 2. The molecule has 2 fully saturated rings. The van der Waals surface area contributed by atoms with Crippen LogP contribution in [0, 0.1) is 0 Å². The van der Waals surface area contributed by atoms with Gasteiger partial charge in [0.25, 0.3) is 11.5 Å². The Morgan fingerprint density at radius 2 is 1.88 bits per heavy atom. The van der Waals surface area contributed by atoms with Gasteiger partial charge in [-0.05, 0) is 42.8 Å². The van der Waals surface area contributed by atoms with Crippen molar-refractivity contribution in [1.29, 1.82) is 0 Å². The molecule has 0 unspecified atom stereocenters. The molecule has 5 rings (SSSR count). The van der Waals surface area contributed by atoms with E-state index < -0.39 is 0 Å². The molecular formula is C24H23ClN4O3. The average Bonchev–Trinajstić information content (AvgIpc) is 2.73. The summed E-state index contributed by atoms with van der Waals surface area (Å²) in [7, 11) is 1.57. The molecule has 1 aromatic heterocycles. The van der Waals surface area contributed by atoms with Gasteiger partial charge in [-0.3, -0.25) is 9.59 Å². The Bertz CT molecular complexity index is 1230. The summed E-state index contributed by atoms with van der Waals surface area (Å²) in [5, 5.41) is 5.13. The first kappa shape index (κ1) is 20.6. The van der Waals surface area contributed by atoms with Crippen LogP contribution in [0.5, 0.6) is 5.75 Å². The maximum atomic E-state index is 13.1. The van der Waals surface area contributed by atoms with Gasteiger partial charge < -0.3 is 14.5 Å². The summed E-state index contributed by atoms with van der Waals surface area (Å²) in [6.07, 6.45) is 1.15. The minimum absolute atomic E-state index is 0.00711. The minimum Gasteiger partial charge on any atom is -0.496 e. The number of ether oxygens (including phenoxy) is 1. The van der Waals surface area contributed by atoms with Gasteiger partial charge in [-0.2, -0.15) is 5.10 Å². The van der Waals surface area contributed by atoms with Crippen molar-refractivity contribution in [3.05, 3.63) is 75.5 Å². The summed E-state index contributed by atoms with van der Waals surface area (Å²) in [6, 6.07) is 16.0. The summed E-state index contributed by atoms with van der Waals surface area (Å²) in [5.41, 5.74) is 2.87. The molecule has 164 valence electrons. The normalized spacial score (nSPS) is 15.8. The third kappa shape index (κ3) is 3.62. The number of rotatable bonds is 5. The Morgan fingerprint density at radius 3 is 2.59 bits per heavy atom. The van der Waals surface area contributed by atoms with Crippen LogP contribution in [-0.4, -0.2) is 53.9 Å². The first-order valence-corrected chi connectivity index (χ1v) is 11.0. The lowest BCUT2D eigenvalue weighted by molar-refractivity contribution is 0.0494. The number of amides is 1. The highest BCUT2D eigenvalue weighted by molar-refractivity contribution is 6.30. The maximum absolute atomic E-state index is 13.1. The molecule has 0 spiro atoms. The first-order valence-electron chi connectivity index (χ1n) is 10.6. The number of methoxy groups -OCH3 is 1. The molecule has 0 saturated carbocycles. The lowest BCUT2D eigenvalue weighted by Gasteiger charge is -2.41. The number of anilines is 1. The fourth-order valence-corrected chi connectivity index (χ4v) is 4.30.